The van der Waals surface area contributed by atoms with Crippen molar-refractivity contribution in [2.24, 2.45) is 0 Å². The van der Waals surface area contributed by atoms with Crippen LogP contribution in [0.5, 0.6) is 0 Å². The topological polar surface area (TPSA) is 39.2 Å². The highest BCUT2D eigenvalue weighted by atomic mass is 32.2. The van der Waals surface area contributed by atoms with Crippen molar-refractivity contribution in [3.05, 3.63) is 35.9 Å². The molecule has 0 spiro atoms. The number of nitrogens with zero attached hydrogens (tertiary/aromatic N) is 1. The summed E-state index contributed by atoms with van der Waals surface area (Å²) in [4.78, 5) is 15.9. The number of pyridine rings is 1. The summed E-state index contributed by atoms with van der Waals surface area (Å²) < 4.78 is 4.91. The van der Waals surface area contributed by atoms with Crippen molar-refractivity contribution >= 4 is 28.6 Å². The number of carbonyl (C=O) groups is 1. The number of para-hydroxylation sites is 1. The fourth-order valence-corrected chi connectivity index (χ4v) is 2.94. The lowest BCUT2D eigenvalue weighted by atomic mass is 10.1. The zero-order valence-corrected chi connectivity index (χ0v) is 12.7. The molecule has 2 aromatic rings. The van der Waals surface area contributed by atoms with Crippen LogP contribution in [0.4, 0.5) is 0 Å². The molecule has 0 N–H and O–H groups in total. The van der Waals surface area contributed by atoms with E-state index in [2.05, 4.69) is 24.0 Å². The predicted octanol–water partition coefficient (Wildman–Crippen LogP) is 3.98. The van der Waals surface area contributed by atoms with E-state index in [4.69, 9.17) is 4.74 Å². The lowest BCUT2D eigenvalue weighted by Crippen LogP contribution is -2.03. The number of rotatable bonds is 6. The third-order valence-corrected chi connectivity index (χ3v) is 3.98. The maximum atomic E-state index is 11.2. The molecule has 0 aliphatic rings. The number of aromatic nitrogens is 1. The Labute approximate surface area is 123 Å². The molecular formula is C16H19NO2S. The molecule has 1 aromatic carbocycles. The first-order valence-electron chi connectivity index (χ1n) is 6.85. The SMILES string of the molecule is CCOC(=O)CCCSc1cc(C)c2ccccc2n1. The largest absolute Gasteiger partial charge is 0.466 e. The van der Waals surface area contributed by atoms with Crippen LogP contribution in [-0.2, 0) is 9.53 Å². The molecule has 0 fully saturated rings. The van der Waals surface area contributed by atoms with Crippen molar-refractivity contribution in [2.45, 2.75) is 31.7 Å². The molecule has 2 rings (SSSR count). The Morgan fingerprint density at radius 3 is 2.95 bits per heavy atom. The third-order valence-electron chi connectivity index (χ3n) is 2.98. The monoisotopic (exact) mass is 289 g/mol. The summed E-state index contributed by atoms with van der Waals surface area (Å²) >= 11 is 1.69. The predicted molar refractivity (Wildman–Crippen MR) is 83.1 cm³/mol. The van der Waals surface area contributed by atoms with Gasteiger partial charge in [-0.3, -0.25) is 4.79 Å². The molecule has 0 atom stereocenters. The number of carbonyl (C=O) groups excluding carboxylic acids is 1. The number of hydrogen-bond acceptors (Lipinski definition) is 4. The van der Waals surface area contributed by atoms with Gasteiger partial charge in [-0.15, -0.1) is 11.8 Å². The second kappa shape index (κ2) is 7.29. The second-order valence-corrected chi connectivity index (χ2v) is 5.67. The van der Waals surface area contributed by atoms with Crippen molar-refractivity contribution in [2.75, 3.05) is 12.4 Å². The highest BCUT2D eigenvalue weighted by Gasteiger charge is 2.04. The number of fused-ring (bicyclic) bond motifs is 1. The van der Waals surface area contributed by atoms with Crippen LogP contribution in [0.3, 0.4) is 0 Å². The van der Waals surface area contributed by atoms with Gasteiger partial charge in [0.2, 0.25) is 0 Å². The van der Waals surface area contributed by atoms with Crippen molar-refractivity contribution in [3.63, 3.8) is 0 Å². The fraction of sp³-hybridized carbons (Fsp3) is 0.375. The number of esters is 1. The van der Waals surface area contributed by atoms with Gasteiger partial charge in [-0.1, -0.05) is 18.2 Å². The highest BCUT2D eigenvalue weighted by molar-refractivity contribution is 7.99. The summed E-state index contributed by atoms with van der Waals surface area (Å²) in [6.45, 7) is 4.39. The summed E-state index contributed by atoms with van der Waals surface area (Å²) in [5.41, 5.74) is 2.27. The third kappa shape index (κ3) is 3.97. The van der Waals surface area contributed by atoms with E-state index < -0.39 is 0 Å². The van der Waals surface area contributed by atoms with Crippen molar-refractivity contribution in [1.82, 2.24) is 4.98 Å². The standard InChI is InChI=1S/C16H19NO2S/c1-3-19-16(18)9-6-10-20-15-11-12(2)13-7-4-5-8-14(13)17-15/h4-5,7-8,11H,3,6,9-10H2,1-2H3. The van der Waals surface area contributed by atoms with E-state index >= 15 is 0 Å². The smallest absolute Gasteiger partial charge is 0.305 e. The maximum Gasteiger partial charge on any atom is 0.305 e. The molecular weight excluding hydrogens is 270 g/mol. The van der Waals surface area contributed by atoms with Gasteiger partial charge in [-0.05, 0) is 38.0 Å². The molecule has 0 radical (unpaired) electrons. The normalized spacial score (nSPS) is 10.7. The quantitative estimate of drug-likeness (QED) is 0.458. The van der Waals surface area contributed by atoms with Crippen LogP contribution < -0.4 is 0 Å². The van der Waals surface area contributed by atoms with Crippen molar-refractivity contribution < 1.29 is 9.53 Å². The van der Waals surface area contributed by atoms with E-state index in [1.807, 2.05) is 25.1 Å². The lowest BCUT2D eigenvalue weighted by Gasteiger charge is -2.06. The van der Waals surface area contributed by atoms with Gasteiger partial charge in [0.1, 0.15) is 0 Å². The molecule has 1 heterocycles. The van der Waals surface area contributed by atoms with Crippen LogP contribution in [0.25, 0.3) is 10.9 Å². The van der Waals surface area contributed by atoms with E-state index in [9.17, 15) is 4.79 Å². The van der Waals surface area contributed by atoms with E-state index in [1.165, 1.54) is 10.9 Å². The molecule has 0 aliphatic heterocycles. The molecule has 20 heavy (non-hydrogen) atoms. The van der Waals surface area contributed by atoms with Gasteiger partial charge >= 0.3 is 5.97 Å². The van der Waals surface area contributed by atoms with Crippen molar-refractivity contribution in [1.29, 1.82) is 0 Å². The van der Waals surface area contributed by atoms with Gasteiger partial charge < -0.3 is 4.74 Å². The summed E-state index contributed by atoms with van der Waals surface area (Å²) in [5, 5.41) is 2.22. The van der Waals surface area contributed by atoms with Gasteiger partial charge in [0.25, 0.3) is 0 Å². The minimum atomic E-state index is -0.115. The van der Waals surface area contributed by atoms with E-state index in [1.54, 1.807) is 11.8 Å². The number of benzene rings is 1. The summed E-state index contributed by atoms with van der Waals surface area (Å²) in [6.07, 6.45) is 1.30. The van der Waals surface area contributed by atoms with Gasteiger partial charge in [0, 0.05) is 17.6 Å². The Morgan fingerprint density at radius 2 is 2.15 bits per heavy atom. The van der Waals surface area contributed by atoms with E-state index in [0.717, 1.165) is 22.7 Å². The zero-order chi connectivity index (χ0) is 14.4. The lowest BCUT2D eigenvalue weighted by molar-refractivity contribution is -0.143. The Balaban J connectivity index is 1.92. The minimum Gasteiger partial charge on any atom is -0.466 e. The maximum absolute atomic E-state index is 11.2. The molecule has 3 nitrogen and oxygen atoms in total. The first-order valence-corrected chi connectivity index (χ1v) is 7.84. The summed E-state index contributed by atoms with van der Waals surface area (Å²) in [6, 6.07) is 10.3. The molecule has 0 aliphatic carbocycles. The molecule has 0 bridgehead atoms. The first kappa shape index (κ1) is 14.9. The van der Waals surface area contributed by atoms with Crippen LogP contribution in [0, 0.1) is 6.92 Å². The molecule has 0 amide bonds. The van der Waals surface area contributed by atoms with Gasteiger partial charge in [-0.2, -0.15) is 0 Å². The van der Waals surface area contributed by atoms with E-state index in [0.29, 0.717) is 13.0 Å². The van der Waals surface area contributed by atoms with Crippen LogP contribution in [0.1, 0.15) is 25.3 Å². The zero-order valence-electron chi connectivity index (χ0n) is 11.9. The molecule has 0 saturated carbocycles. The second-order valence-electron chi connectivity index (χ2n) is 4.55. The number of thioether (sulfide) groups is 1. The minimum absolute atomic E-state index is 0.115. The number of ether oxygens (including phenoxy) is 1. The molecule has 0 unspecified atom stereocenters. The average molecular weight is 289 g/mol. The van der Waals surface area contributed by atoms with E-state index in [-0.39, 0.29) is 5.97 Å². The summed E-state index contributed by atoms with van der Waals surface area (Å²) in [5.74, 6) is 0.764. The van der Waals surface area contributed by atoms with Gasteiger partial charge in [-0.25, -0.2) is 4.98 Å². The molecule has 106 valence electrons. The molecule has 0 saturated heterocycles. The first-order chi connectivity index (χ1) is 9.70. The molecule has 1 aromatic heterocycles. The summed E-state index contributed by atoms with van der Waals surface area (Å²) in [7, 11) is 0. The Kier molecular flexibility index (Phi) is 5.41. The average Bonchev–Trinajstić information content (AvgIpc) is 2.44. The van der Waals surface area contributed by atoms with Gasteiger partial charge in [0.05, 0.1) is 17.1 Å². The Hall–Kier alpha value is -1.55. The Morgan fingerprint density at radius 1 is 1.35 bits per heavy atom. The van der Waals surface area contributed by atoms with Crippen LogP contribution in [0.15, 0.2) is 35.4 Å². The van der Waals surface area contributed by atoms with Gasteiger partial charge in [0.15, 0.2) is 0 Å². The fourth-order valence-electron chi connectivity index (χ4n) is 2.02. The Bertz CT molecular complexity index is 598. The highest BCUT2D eigenvalue weighted by Crippen LogP contribution is 2.24. The van der Waals surface area contributed by atoms with Crippen molar-refractivity contribution in [3.8, 4) is 0 Å². The van der Waals surface area contributed by atoms with Crippen LogP contribution in [-0.4, -0.2) is 23.3 Å². The molecule has 4 heteroatoms. The van der Waals surface area contributed by atoms with Crippen LogP contribution >= 0.6 is 11.8 Å². The number of aryl methyl sites for hydroxylation is 1. The number of hydrogen-bond donors (Lipinski definition) is 0. The van der Waals surface area contributed by atoms with Crippen LogP contribution in [0.2, 0.25) is 0 Å².